The molecule has 2 saturated heterocycles. The standard InChI is InChI=1S/C17H25N3O2S/c1-13-11-14(20-6-9-23-10-7-20)4-5-16(13)19-17(21)18-12-15-3-2-8-22-15/h4-5,11,15H,2-3,6-10,12H2,1H3,(H2,18,19,21)/t15-/m1/s1. The van der Waals surface area contributed by atoms with E-state index in [2.05, 4.69) is 27.7 Å². The number of anilines is 2. The molecule has 2 aliphatic heterocycles. The number of thioether (sulfide) groups is 1. The molecule has 1 aromatic rings. The van der Waals surface area contributed by atoms with Crippen molar-refractivity contribution in [3.05, 3.63) is 23.8 Å². The van der Waals surface area contributed by atoms with Crippen LogP contribution in [0, 0.1) is 6.92 Å². The molecule has 2 fully saturated rings. The lowest BCUT2D eigenvalue weighted by molar-refractivity contribution is 0.112. The molecule has 2 aliphatic rings. The summed E-state index contributed by atoms with van der Waals surface area (Å²) in [6.45, 7) is 5.62. The predicted octanol–water partition coefficient (Wildman–Crippen LogP) is 2.85. The predicted molar refractivity (Wildman–Crippen MR) is 96.7 cm³/mol. The van der Waals surface area contributed by atoms with Crippen LogP contribution in [0.15, 0.2) is 18.2 Å². The average Bonchev–Trinajstić information content (AvgIpc) is 3.09. The Morgan fingerprint density at radius 1 is 1.39 bits per heavy atom. The van der Waals surface area contributed by atoms with Gasteiger partial charge in [-0.15, -0.1) is 0 Å². The van der Waals surface area contributed by atoms with Gasteiger partial charge in [0.1, 0.15) is 0 Å². The van der Waals surface area contributed by atoms with Crippen molar-refractivity contribution in [1.82, 2.24) is 5.32 Å². The number of aryl methyl sites for hydroxylation is 1. The van der Waals surface area contributed by atoms with Crippen molar-refractivity contribution >= 4 is 29.2 Å². The van der Waals surface area contributed by atoms with Crippen molar-refractivity contribution in [2.24, 2.45) is 0 Å². The zero-order valence-electron chi connectivity index (χ0n) is 13.6. The van der Waals surface area contributed by atoms with Gasteiger partial charge < -0.3 is 20.3 Å². The Hall–Kier alpha value is -1.40. The third kappa shape index (κ3) is 4.54. The third-order valence-electron chi connectivity index (χ3n) is 4.35. The number of rotatable bonds is 4. The van der Waals surface area contributed by atoms with Crippen LogP contribution in [0.2, 0.25) is 0 Å². The number of hydrogen-bond donors (Lipinski definition) is 2. The van der Waals surface area contributed by atoms with Crippen LogP contribution in [0.5, 0.6) is 0 Å². The summed E-state index contributed by atoms with van der Waals surface area (Å²) in [4.78, 5) is 14.4. The first-order valence-corrected chi connectivity index (χ1v) is 9.47. The van der Waals surface area contributed by atoms with Gasteiger partial charge in [0.2, 0.25) is 0 Å². The highest BCUT2D eigenvalue weighted by Crippen LogP contribution is 2.25. The minimum absolute atomic E-state index is 0.161. The lowest BCUT2D eigenvalue weighted by atomic mass is 10.1. The second-order valence-electron chi connectivity index (χ2n) is 6.07. The van der Waals surface area contributed by atoms with Gasteiger partial charge >= 0.3 is 6.03 Å². The van der Waals surface area contributed by atoms with Gasteiger partial charge in [-0.05, 0) is 43.5 Å². The molecule has 0 aromatic heterocycles. The second kappa shape index (κ2) is 7.93. The van der Waals surface area contributed by atoms with E-state index in [9.17, 15) is 4.79 Å². The van der Waals surface area contributed by atoms with Gasteiger partial charge in [-0.1, -0.05) is 0 Å². The Morgan fingerprint density at radius 3 is 2.91 bits per heavy atom. The molecular formula is C17H25N3O2S. The second-order valence-corrected chi connectivity index (χ2v) is 7.29. The van der Waals surface area contributed by atoms with Gasteiger partial charge in [0, 0.05) is 49.1 Å². The molecule has 1 atom stereocenters. The molecule has 0 saturated carbocycles. The van der Waals surface area contributed by atoms with E-state index in [0.29, 0.717) is 6.54 Å². The van der Waals surface area contributed by atoms with E-state index >= 15 is 0 Å². The van der Waals surface area contributed by atoms with Crippen LogP contribution in [0.3, 0.4) is 0 Å². The van der Waals surface area contributed by atoms with Crippen molar-refractivity contribution in [2.75, 3.05) is 48.0 Å². The van der Waals surface area contributed by atoms with Crippen molar-refractivity contribution < 1.29 is 9.53 Å². The molecule has 0 spiro atoms. The molecule has 0 bridgehead atoms. The molecule has 0 aliphatic carbocycles. The van der Waals surface area contributed by atoms with Crippen LogP contribution in [-0.2, 0) is 4.74 Å². The number of hydrogen-bond acceptors (Lipinski definition) is 4. The van der Waals surface area contributed by atoms with Crippen LogP contribution in [0.1, 0.15) is 18.4 Å². The van der Waals surface area contributed by atoms with Gasteiger partial charge in [0.05, 0.1) is 6.10 Å². The van der Waals surface area contributed by atoms with Crippen LogP contribution >= 0.6 is 11.8 Å². The van der Waals surface area contributed by atoms with Crippen molar-refractivity contribution in [3.63, 3.8) is 0 Å². The lowest BCUT2D eigenvalue weighted by Gasteiger charge is -2.29. The van der Waals surface area contributed by atoms with Gasteiger partial charge in [-0.2, -0.15) is 11.8 Å². The van der Waals surface area contributed by atoms with Gasteiger partial charge in [-0.3, -0.25) is 0 Å². The van der Waals surface area contributed by atoms with E-state index in [1.165, 1.54) is 17.2 Å². The Morgan fingerprint density at radius 2 is 2.22 bits per heavy atom. The summed E-state index contributed by atoms with van der Waals surface area (Å²) in [5.74, 6) is 2.37. The summed E-state index contributed by atoms with van der Waals surface area (Å²) in [5.41, 5.74) is 3.20. The molecule has 0 radical (unpaired) electrons. The first-order valence-electron chi connectivity index (χ1n) is 8.32. The number of nitrogens with zero attached hydrogens (tertiary/aromatic N) is 1. The Balaban J connectivity index is 1.53. The zero-order chi connectivity index (χ0) is 16.1. The fourth-order valence-corrected chi connectivity index (χ4v) is 3.89. The third-order valence-corrected chi connectivity index (χ3v) is 5.29. The van der Waals surface area contributed by atoms with Crippen LogP contribution in [0.25, 0.3) is 0 Å². The molecule has 2 amide bonds. The number of nitrogens with one attached hydrogen (secondary N) is 2. The molecule has 3 rings (SSSR count). The lowest BCUT2D eigenvalue weighted by Crippen LogP contribution is -2.35. The van der Waals surface area contributed by atoms with Crippen molar-refractivity contribution in [1.29, 1.82) is 0 Å². The molecule has 6 heteroatoms. The van der Waals surface area contributed by atoms with E-state index in [-0.39, 0.29) is 12.1 Å². The van der Waals surface area contributed by atoms with Gasteiger partial charge in [0.25, 0.3) is 0 Å². The maximum absolute atomic E-state index is 12.0. The minimum atomic E-state index is -0.161. The van der Waals surface area contributed by atoms with Gasteiger partial charge in [-0.25, -0.2) is 4.79 Å². The summed E-state index contributed by atoms with van der Waals surface area (Å²) < 4.78 is 5.51. The number of benzene rings is 1. The van der Waals surface area contributed by atoms with E-state index in [0.717, 1.165) is 43.8 Å². The maximum Gasteiger partial charge on any atom is 0.319 e. The van der Waals surface area contributed by atoms with Crippen molar-refractivity contribution in [2.45, 2.75) is 25.9 Å². The molecular weight excluding hydrogens is 310 g/mol. The Kier molecular flexibility index (Phi) is 5.67. The highest BCUT2D eigenvalue weighted by atomic mass is 32.2. The number of amides is 2. The molecule has 2 N–H and O–H groups in total. The highest BCUT2D eigenvalue weighted by molar-refractivity contribution is 7.99. The van der Waals surface area contributed by atoms with E-state index in [4.69, 9.17) is 4.74 Å². The van der Waals surface area contributed by atoms with Gasteiger partial charge in [0.15, 0.2) is 0 Å². The SMILES string of the molecule is Cc1cc(N2CCSCC2)ccc1NC(=O)NC[C@H]1CCCO1. The van der Waals surface area contributed by atoms with E-state index in [1.54, 1.807) is 0 Å². The number of carbonyl (C=O) groups excluding carboxylic acids is 1. The number of urea groups is 1. The minimum Gasteiger partial charge on any atom is -0.376 e. The quantitative estimate of drug-likeness (QED) is 0.888. The summed E-state index contributed by atoms with van der Waals surface area (Å²) in [6.07, 6.45) is 2.28. The summed E-state index contributed by atoms with van der Waals surface area (Å²) >= 11 is 2.01. The van der Waals surface area contributed by atoms with E-state index in [1.807, 2.05) is 24.8 Å². The molecule has 126 valence electrons. The first-order chi connectivity index (χ1) is 11.2. The topological polar surface area (TPSA) is 53.6 Å². The number of carbonyl (C=O) groups is 1. The van der Waals surface area contributed by atoms with Crippen LogP contribution < -0.4 is 15.5 Å². The summed E-state index contributed by atoms with van der Waals surface area (Å²) in [6, 6.07) is 6.09. The summed E-state index contributed by atoms with van der Waals surface area (Å²) in [7, 11) is 0. The Bertz CT molecular complexity index is 541. The fourth-order valence-electron chi connectivity index (χ4n) is 2.98. The highest BCUT2D eigenvalue weighted by Gasteiger charge is 2.16. The van der Waals surface area contributed by atoms with Crippen molar-refractivity contribution in [3.8, 4) is 0 Å². The molecule has 5 nitrogen and oxygen atoms in total. The average molecular weight is 335 g/mol. The van der Waals surface area contributed by atoms with Crippen LogP contribution in [0.4, 0.5) is 16.2 Å². The van der Waals surface area contributed by atoms with Crippen LogP contribution in [-0.4, -0.2) is 49.9 Å². The summed E-state index contributed by atoms with van der Waals surface area (Å²) in [5, 5.41) is 5.83. The maximum atomic E-state index is 12.0. The molecule has 0 unspecified atom stereocenters. The molecule has 23 heavy (non-hydrogen) atoms. The smallest absolute Gasteiger partial charge is 0.319 e. The molecule has 2 heterocycles. The zero-order valence-corrected chi connectivity index (χ0v) is 14.5. The Labute approximate surface area is 142 Å². The van der Waals surface area contributed by atoms with E-state index < -0.39 is 0 Å². The normalized spacial score (nSPS) is 21.3. The first kappa shape index (κ1) is 16.5. The molecule has 1 aromatic carbocycles. The fraction of sp³-hybridized carbons (Fsp3) is 0.588. The largest absolute Gasteiger partial charge is 0.376 e. The monoisotopic (exact) mass is 335 g/mol. The number of ether oxygens (including phenoxy) is 1.